The minimum absolute atomic E-state index is 0.0782. The Balaban J connectivity index is 1.35. The van der Waals surface area contributed by atoms with E-state index in [2.05, 4.69) is 20.8 Å². The Morgan fingerprint density at radius 2 is 2.08 bits per heavy atom. The third-order valence-electron chi connectivity index (χ3n) is 4.35. The van der Waals surface area contributed by atoms with Gasteiger partial charge in [-0.2, -0.15) is 5.10 Å². The van der Waals surface area contributed by atoms with E-state index >= 15 is 0 Å². The molecule has 1 aliphatic heterocycles. The number of H-pyrrole nitrogens is 1. The minimum Gasteiger partial charge on any atom is -0.336 e. The van der Waals surface area contributed by atoms with E-state index in [9.17, 15) is 9.59 Å². The van der Waals surface area contributed by atoms with Crippen molar-refractivity contribution in [2.45, 2.75) is 25.2 Å². The summed E-state index contributed by atoms with van der Waals surface area (Å²) >= 11 is 0. The number of urea groups is 1. The summed E-state index contributed by atoms with van der Waals surface area (Å²) in [6.07, 6.45) is 2.66. The number of hydrogen-bond donors (Lipinski definition) is 3. The molecular formula is C17H19N5O2. The van der Waals surface area contributed by atoms with Crippen LogP contribution >= 0.6 is 0 Å². The lowest BCUT2D eigenvalue weighted by molar-refractivity contribution is -0.115. The van der Waals surface area contributed by atoms with Crippen molar-refractivity contribution in [2.24, 2.45) is 0 Å². The molecule has 24 heavy (non-hydrogen) atoms. The highest BCUT2D eigenvalue weighted by Gasteiger charge is 2.25. The summed E-state index contributed by atoms with van der Waals surface area (Å²) in [5, 5.41) is 12.7. The zero-order valence-corrected chi connectivity index (χ0v) is 13.2. The minimum atomic E-state index is -0.101. The molecule has 0 unspecified atom stereocenters. The number of benzene rings is 1. The molecule has 1 saturated carbocycles. The SMILES string of the molecule is O=C(Cc1ccc(N2CCNC2=O)cc1)Nc1cc(C2CC2)[nH]n1. The fraction of sp³-hybridized carbons (Fsp3) is 0.353. The van der Waals surface area contributed by atoms with Crippen molar-refractivity contribution in [1.29, 1.82) is 0 Å². The molecule has 0 spiro atoms. The van der Waals surface area contributed by atoms with Crippen LogP contribution in [0.15, 0.2) is 30.3 Å². The molecule has 1 aliphatic carbocycles. The van der Waals surface area contributed by atoms with E-state index < -0.39 is 0 Å². The maximum atomic E-state index is 12.1. The molecule has 0 radical (unpaired) electrons. The zero-order chi connectivity index (χ0) is 16.5. The van der Waals surface area contributed by atoms with Gasteiger partial charge < -0.3 is 10.6 Å². The molecule has 7 nitrogen and oxygen atoms in total. The predicted octanol–water partition coefficient (Wildman–Crippen LogP) is 2.00. The van der Waals surface area contributed by atoms with Crippen LogP contribution in [-0.2, 0) is 11.2 Å². The Morgan fingerprint density at radius 3 is 2.75 bits per heavy atom. The first-order valence-electron chi connectivity index (χ1n) is 8.18. The van der Waals surface area contributed by atoms with E-state index in [1.54, 1.807) is 4.90 Å². The number of anilines is 2. The number of rotatable bonds is 5. The average Bonchev–Trinajstić information content (AvgIpc) is 3.18. The van der Waals surface area contributed by atoms with Gasteiger partial charge in [-0.25, -0.2) is 4.79 Å². The van der Waals surface area contributed by atoms with Crippen LogP contribution in [0.25, 0.3) is 0 Å². The first-order valence-corrected chi connectivity index (χ1v) is 8.18. The Bertz CT molecular complexity index is 764. The van der Waals surface area contributed by atoms with Gasteiger partial charge in [0.05, 0.1) is 6.42 Å². The van der Waals surface area contributed by atoms with Crippen molar-refractivity contribution < 1.29 is 9.59 Å². The van der Waals surface area contributed by atoms with E-state index in [-0.39, 0.29) is 18.4 Å². The second-order valence-corrected chi connectivity index (χ2v) is 6.26. The van der Waals surface area contributed by atoms with Crippen LogP contribution in [0.1, 0.15) is 30.0 Å². The maximum absolute atomic E-state index is 12.1. The monoisotopic (exact) mass is 325 g/mol. The topological polar surface area (TPSA) is 90.1 Å². The smallest absolute Gasteiger partial charge is 0.321 e. The van der Waals surface area contributed by atoms with Crippen molar-refractivity contribution in [1.82, 2.24) is 15.5 Å². The van der Waals surface area contributed by atoms with E-state index in [1.165, 1.54) is 12.8 Å². The van der Waals surface area contributed by atoms with E-state index in [0.717, 1.165) is 16.9 Å². The van der Waals surface area contributed by atoms with Gasteiger partial charge in [-0.1, -0.05) is 12.1 Å². The predicted molar refractivity (Wildman–Crippen MR) is 90.1 cm³/mol. The normalized spacial score (nSPS) is 17.0. The van der Waals surface area contributed by atoms with Gasteiger partial charge in [-0.05, 0) is 30.5 Å². The Hall–Kier alpha value is -2.83. The summed E-state index contributed by atoms with van der Waals surface area (Å²) in [5.74, 6) is 1.06. The molecule has 2 aromatic rings. The van der Waals surface area contributed by atoms with Crippen LogP contribution in [-0.4, -0.2) is 35.2 Å². The Morgan fingerprint density at radius 1 is 1.29 bits per heavy atom. The number of hydrogen-bond acceptors (Lipinski definition) is 3. The Kier molecular flexibility index (Phi) is 3.68. The third-order valence-corrected chi connectivity index (χ3v) is 4.35. The highest BCUT2D eigenvalue weighted by molar-refractivity contribution is 5.94. The van der Waals surface area contributed by atoms with Gasteiger partial charge in [0.1, 0.15) is 0 Å². The molecule has 2 fully saturated rings. The molecule has 4 rings (SSSR count). The Labute approximate surface area is 139 Å². The van der Waals surface area contributed by atoms with Gasteiger partial charge in [0.25, 0.3) is 0 Å². The first-order chi connectivity index (χ1) is 11.7. The third kappa shape index (κ3) is 3.10. The van der Waals surface area contributed by atoms with Crippen molar-refractivity contribution in [3.63, 3.8) is 0 Å². The van der Waals surface area contributed by atoms with Crippen molar-refractivity contribution >= 4 is 23.4 Å². The summed E-state index contributed by atoms with van der Waals surface area (Å²) in [6, 6.07) is 9.32. The van der Waals surface area contributed by atoms with Crippen molar-refractivity contribution in [3.8, 4) is 0 Å². The van der Waals surface area contributed by atoms with E-state index in [0.29, 0.717) is 24.8 Å². The van der Waals surface area contributed by atoms with Gasteiger partial charge in [-0.15, -0.1) is 0 Å². The van der Waals surface area contributed by atoms with Gasteiger partial charge in [-0.3, -0.25) is 14.8 Å². The van der Waals surface area contributed by atoms with Gasteiger partial charge in [0.2, 0.25) is 5.91 Å². The lowest BCUT2D eigenvalue weighted by Gasteiger charge is -2.14. The lowest BCUT2D eigenvalue weighted by atomic mass is 10.1. The second kappa shape index (κ2) is 5.99. The highest BCUT2D eigenvalue weighted by atomic mass is 16.2. The highest BCUT2D eigenvalue weighted by Crippen LogP contribution is 2.39. The fourth-order valence-corrected chi connectivity index (χ4v) is 2.89. The largest absolute Gasteiger partial charge is 0.336 e. The van der Waals surface area contributed by atoms with E-state index in [1.807, 2.05) is 30.3 Å². The molecule has 1 aromatic carbocycles. The summed E-state index contributed by atoms with van der Waals surface area (Å²) in [7, 11) is 0. The van der Waals surface area contributed by atoms with Crippen LogP contribution < -0.4 is 15.5 Å². The first kappa shape index (κ1) is 14.7. The molecule has 3 N–H and O–H groups in total. The molecule has 124 valence electrons. The zero-order valence-electron chi connectivity index (χ0n) is 13.2. The summed E-state index contributed by atoms with van der Waals surface area (Å²) < 4.78 is 0. The summed E-state index contributed by atoms with van der Waals surface area (Å²) in [6.45, 7) is 1.33. The standard InChI is InChI=1S/C17H19N5O2/c23-16(19-15-10-14(20-21-15)12-3-4-12)9-11-1-5-13(6-2-11)22-8-7-18-17(22)24/h1-2,5-6,10,12H,3-4,7-9H2,(H,18,24)(H2,19,20,21,23). The number of nitrogens with one attached hydrogen (secondary N) is 3. The molecule has 1 saturated heterocycles. The molecule has 3 amide bonds. The number of aromatic nitrogens is 2. The molecule has 0 atom stereocenters. The number of amides is 3. The van der Waals surface area contributed by atoms with Crippen LogP contribution in [0, 0.1) is 0 Å². The number of nitrogens with zero attached hydrogens (tertiary/aromatic N) is 2. The van der Waals surface area contributed by atoms with E-state index in [4.69, 9.17) is 0 Å². The quantitative estimate of drug-likeness (QED) is 0.785. The summed E-state index contributed by atoms with van der Waals surface area (Å²) in [5.41, 5.74) is 2.84. The van der Waals surface area contributed by atoms with Crippen LogP contribution in [0.4, 0.5) is 16.3 Å². The van der Waals surface area contributed by atoms with Crippen LogP contribution in [0.3, 0.4) is 0 Å². The van der Waals surface area contributed by atoms with Crippen molar-refractivity contribution in [2.75, 3.05) is 23.3 Å². The fourth-order valence-electron chi connectivity index (χ4n) is 2.89. The van der Waals surface area contributed by atoms with Gasteiger partial charge in [0.15, 0.2) is 5.82 Å². The maximum Gasteiger partial charge on any atom is 0.321 e. The number of carbonyl (C=O) groups is 2. The molecule has 2 aliphatic rings. The summed E-state index contributed by atoms with van der Waals surface area (Å²) in [4.78, 5) is 25.5. The lowest BCUT2D eigenvalue weighted by Crippen LogP contribution is -2.27. The molecular weight excluding hydrogens is 306 g/mol. The molecule has 0 bridgehead atoms. The average molecular weight is 325 g/mol. The van der Waals surface area contributed by atoms with Gasteiger partial charge in [0, 0.05) is 36.5 Å². The molecule has 2 heterocycles. The molecule has 1 aromatic heterocycles. The second-order valence-electron chi connectivity index (χ2n) is 6.26. The van der Waals surface area contributed by atoms with Crippen LogP contribution in [0.5, 0.6) is 0 Å². The van der Waals surface area contributed by atoms with Crippen molar-refractivity contribution in [3.05, 3.63) is 41.6 Å². The number of aromatic amines is 1. The van der Waals surface area contributed by atoms with Crippen LogP contribution in [0.2, 0.25) is 0 Å². The number of carbonyl (C=O) groups excluding carboxylic acids is 2. The molecule has 7 heteroatoms. The van der Waals surface area contributed by atoms with Gasteiger partial charge >= 0.3 is 6.03 Å².